The molecule has 214 valence electrons. The van der Waals surface area contributed by atoms with Gasteiger partial charge >= 0.3 is 0 Å². The molecule has 0 aliphatic carbocycles. The number of ether oxygens (including phenoxy) is 3. The van der Waals surface area contributed by atoms with E-state index in [4.69, 9.17) is 14.2 Å². The molecule has 0 aromatic heterocycles. The zero-order valence-electron chi connectivity index (χ0n) is 23.9. The Bertz CT molecular complexity index is 1610. The van der Waals surface area contributed by atoms with Gasteiger partial charge in [0.1, 0.15) is 29.6 Å². The van der Waals surface area contributed by atoms with E-state index >= 15 is 0 Å². The Labute approximate surface area is 245 Å². The largest absolute Gasteiger partial charge is 0.507 e. The molecule has 7 nitrogen and oxygen atoms in total. The maximum atomic E-state index is 13.6. The summed E-state index contributed by atoms with van der Waals surface area (Å²) in [5.41, 5.74) is 3.37. The summed E-state index contributed by atoms with van der Waals surface area (Å²) in [4.78, 5) is 28.5. The van der Waals surface area contributed by atoms with E-state index in [0.29, 0.717) is 47.3 Å². The highest BCUT2D eigenvalue weighted by Crippen LogP contribution is 2.43. The average molecular weight is 564 g/mol. The van der Waals surface area contributed by atoms with Crippen LogP contribution in [0.25, 0.3) is 5.76 Å². The number of aliphatic hydroxyl groups excluding tert-OH is 1. The minimum Gasteiger partial charge on any atom is -0.507 e. The minimum atomic E-state index is -0.869. The third kappa shape index (κ3) is 5.86. The van der Waals surface area contributed by atoms with Crippen molar-refractivity contribution in [3.63, 3.8) is 0 Å². The van der Waals surface area contributed by atoms with Gasteiger partial charge in [0.25, 0.3) is 11.7 Å². The van der Waals surface area contributed by atoms with Gasteiger partial charge in [0.2, 0.25) is 0 Å². The van der Waals surface area contributed by atoms with E-state index in [9.17, 15) is 14.7 Å². The summed E-state index contributed by atoms with van der Waals surface area (Å²) >= 11 is 0. The number of benzene rings is 4. The Kier molecular flexibility index (Phi) is 8.58. The quantitative estimate of drug-likeness (QED) is 0.127. The van der Waals surface area contributed by atoms with E-state index in [1.54, 1.807) is 54.6 Å². The Morgan fingerprint density at radius 1 is 0.857 bits per heavy atom. The molecule has 1 N–H and O–H groups in total. The molecule has 0 bridgehead atoms. The summed E-state index contributed by atoms with van der Waals surface area (Å²) in [6.45, 7) is 4.88. The second-order valence-corrected chi connectivity index (χ2v) is 10.0. The van der Waals surface area contributed by atoms with E-state index in [1.165, 1.54) is 12.0 Å². The number of hydrogen-bond acceptors (Lipinski definition) is 6. The molecule has 1 heterocycles. The fraction of sp³-hybridized carbons (Fsp3) is 0.200. The van der Waals surface area contributed by atoms with Crippen LogP contribution in [0.2, 0.25) is 0 Å². The average Bonchev–Trinajstić information content (AvgIpc) is 3.29. The maximum Gasteiger partial charge on any atom is 0.300 e. The van der Waals surface area contributed by atoms with Gasteiger partial charge in [0, 0.05) is 17.3 Å². The highest BCUT2D eigenvalue weighted by molar-refractivity contribution is 6.51. The number of amides is 1. The van der Waals surface area contributed by atoms with Crippen molar-refractivity contribution in [2.45, 2.75) is 32.9 Å². The summed E-state index contributed by atoms with van der Waals surface area (Å²) < 4.78 is 17.1. The lowest BCUT2D eigenvalue weighted by Gasteiger charge is -2.26. The number of anilines is 1. The van der Waals surface area contributed by atoms with E-state index < -0.39 is 17.7 Å². The van der Waals surface area contributed by atoms with Gasteiger partial charge < -0.3 is 19.3 Å². The highest BCUT2D eigenvalue weighted by Gasteiger charge is 2.47. The second-order valence-electron chi connectivity index (χ2n) is 10.0. The number of aryl methyl sites for hydroxylation is 1. The second kappa shape index (κ2) is 12.6. The van der Waals surface area contributed by atoms with Gasteiger partial charge in [0.05, 0.1) is 25.3 Å². The molecule has 7 heteroatoms. The number of rotatable bonds is 10. The number of carbonyl (C=O) groups is 2. The van der Waals surface area contributed by atoms with Crippen molar-refractivity contribution in [1.29, 1.82) is 0 Å². The van der Waals surface area contributed by atoms with Crippen LogP contribution in [0.5, 0.6) is 17.2 Å². The van der Waals surface area contributed by atoms with Crippen LogP contribution >= 0.6 is 0 Å². The van der Waals surface area contributed by atoms with Crippen molar-refractivity contribution in [3.8, 4) is 17.2 Å². The van der Waals surface area contributed by atoms with Gasteiger partial charge in [-0.3, -0.25) is 14.5 Å². The third-order valence-electron chi connectivity index (χ3n) is 7.13. The molecule has 42 heavy (non-hydrogen) atoms. The Hall–Kier alpha value is -5.04. The first-order valence-electron chi connectivity index (χ1n) is 13.9. The summed E-state index contributed by atoms with van der Waals surface area (Å²) in [7, 11) is 1.54. The van der Waals surface area contributed by atoms with Gasteiger partial charge in [0.15, 0.2) is 0 Å². The van der Waals surface area contributed by atoms with E-state index in [-0.39, 0.29) is 11.3 Å². The Morgan fingerprint density at radius 3 is 2.31 bits per heavy atom. The van der Waals surface area contributed by atoms with Crippen molar-refractivity contribution < 1.29 is 28.9 Å². The fourth-order valence-corrected chi connectivity index (χ4v) is 4.99. The van der Waals surface area contributed by atoms with Gasteiger partial charge in [-0.1, -0.05) is 55.5 Å². The number of methoxy groups -OCH3 is 1. The predicted molar refractivity (Wildman–Crippen MR) is 162 cm³/mol. The smallest absolute Gasteiger partial charge is 0.300 e. The predicted octanol–water partition coefficient (Wildman–Crippen LogP) is 7.00. The highest BCUT2D eigenvalue weighted by atomic mass is 16.5. The molecule has 1 aliphatic heterocycles. The summed E-state index contributed by atoms with van der Waals surface area (Å²) in [5, 5.41) is 11.6. The van der Waals surface area contributed by atoms with Gasteiger partial charge in [-0.05, 0) is 72.5 Å². The molecule has 1 unspecified atom stereocenters. The molecular weight excluding hydrogens is 530 g/mol. The third-order valence-corrected chi connectivity index (χ3v) is 7.13. The normalized spacial score (nSPS) is 16.0. The first-order valence-corrected chi connectivity index (χ1v) is 13.9. The molecule has 4 aromatic rings. The molecule has 1 fully saturated rings. The molecule has 0 spiro atoms. The van der Waals surface area contributed by atoms with Crippen LogP contribution in [0.4, 0.5) is 5.69 Å². The number of Topliss-reactive ketones (excluding diaryl/α,β-unsaturated/α-hetero) is 1. The standard InChI is InChI=1S/C35H33NO6/c1-4-19-41-28-16-13-25(14-17-28)32-31(34(38)35(39)36(32)27-11-8-12-29(21-27)40-3)33(37)26-15-18-30(23(2)20-26)42-22-24-9-6-5-7-10-24/h5-18,20-21,32,37H,4,19,22H2,1-3H3/b33-31+. The fourth-order valence-electron chi connectivity index (χ4n) is 4.99. The molecular formula is C35H33NO6. The van der Waals surface area contributed by atoms with Crippen LogP contribution in [0.15, 0.2) is 103 Å². The monoisotopic (exact) mass is 563 g/mol. The van der Waals surface area contributed by atoms with Crippen molar-refractivity contribution in [1.82, 2.24) is 0 Å². The zero-order valence-corrected chi connectivity index (χ0v) is 23.9. The molecule has 4 aromatic carbocycles. The topological polar surface area (TPSA) is 85.3 Å². The molecule has 0 saturated carbocycles. The Balaban J connectivity index is 1.55. The SMILES string of the molecule is CCCOc1ccc(C2/C(=C(\O)c3ccc(OCc4ccccc4)c(C)c3)C(=O)C(=O)N2c2cccc(OC)c2)cc1. The molecule has 1 saturated heterocycles. The lowest BCUT2D eigenvalue weighted by molar-refractivity contribution is -0.132. The maximum absolute atomic E-state index is 13.6. The van der Waals surface area contributed by atoms with E-state index in [2.05, 4.69) is 0 Å². The van der Waals surface area contributed by atoms with Crippen molar-refractivity contribution in [2.75, 3.05) is 18.6 Å². The van der Waals surface area contributed by atoms with Crippen LogP contribution in [0.3, 0.4) is 0 Å². The number of hydrogen-bond donors (Lipinski definition) is 1. The summed E-state index contributed by atoms with van der Waals surface area (Å²) in [5.74, 6) is 0.118. The zero-order chi connectivity index (χ0) is 29.6. The molecule has 1 amide bonds. The lowest BCUT2D eigenvalue weighted by Crippen LogP contribution is -2.29. The first kappa shape index (κ1) is 28.5. The van der Waals surface area contributed by atoms with Crippen molar-refractivity contribution in [3.05, 3.63) is 125 Å². The molecule has 1 aliphatic rings. The lowest BCUT2D eigenvalue weighted by atomic mass is 9.94. The summed E-state index contributed by atoms with van der Waals surface area (Å²) in [6.07, 6.45) is 0.868. The van der Waals surface area contributed by atoms with Crippen LogP contribution in [0.1, 0.15) is 41.6 Å². The van der Waals surface area contributed by atoms with E-state index in [1.807, 2.05) is 56.3 Å². The van der Waals surface area contributed by atoms with Gasteiger partial charge in [-0.15, -0.1) is 0 Å². The molecule has 0 radical (unpaired) electrons. The number of nitrogens with zero attached hydrogens (tertiary/aromatic N) is 1. The van der Waals surface area contributed by atoms with Crippen molar-refractivity contribution >= 4 is 23.1 Å². The van der Waals surface area contributed by atoms with Crippen LogP contribution in [-0.4, -0.2) is 30.5 Å². The summed E-state index contributed by atoms with van der Waals surface area (Å²) in [6, 6.07) is 28.4. The minimum absolute atomic E-state index is 0.00222. The number of carbonyl (C=O) groups excluding carboxylic acids is 2. The van der Waals surface area contributed by atoms with Crippen LogP contribution in [-0.2, 0) is 16.2 Å². The van der Waals surface area contributed by atoms with Crippen molar-refractivity contribution in [2.24, 2.45) is 0 Å². The first-order chi connectivity index (χ1) is 20.4. The van der Waals surface area contributed by atoms with E-state index in [0.717, 1.165) is 17.5 Å². The molecule has 1 atom stereocenters. The number of ketones is 1. The Morgan fingerprint density at radius 2 is 1.62 bits per heavy atom. The van der Waals surface area contributed by atoms with Gasteiger partial charge in [-0.25, -0.2) is 0 Å². The van der Waals surface area contributed by atoms with Crippen LogP contribution in [0, 0.1) is 6.92 Å². The van der Waals surface area contributed by atoms with Crippen LogP contribution < -0.4 is 19.1 Å². The molecule has 5 rings (SSSR count). The number of aliphatic hydroxyl groups is 1. The van der Waals surface area contributed by atoms with Gasteiger partial charge in [-0.2, -0.15) is 0 Å².